The summed E-state index contributed by atoms with van der Waals surface area (Å²) in [6.45, 7) is 9.22. The quantitative estimate of drug-likeness (QED) is 0.791. The Balaban J connectivity index is 1.63. The van der Waals surface area contributed by atoms with Gasteiger partial charge in [-0.25, -0.2) is 0 Å². The Morgan fingerprint density at radius 1 is 1.08 bits per heavy atom. The molecule has 2 aromatic carbocycles. The van der Waals surface area contributed by atoms with Gasteiger partial charge in [0.05, 0.1) is 19.3 Å². The lowest BCUT2D eigenvalue weighted by Gasteiger charge is -2.31. The predicted molar refractivity (Wildman–Crippen MR) is 105 cm³/mol. The maximum absolute atomic E-state index is 10.7. The molecule has 0 aliphatic carbocycles. The molecule has 140 valence electrons. The summed E-state index contributed by atoms with van der Waals surface area (Å²) in [7, 11) is 0. The number of aliphatic hydroxyl groups is 1. The summed E-state index contributed by atoms with van der Waals surface area (Å²) in [5.74, 6) is 0. The van der Waals surface area contributed by atoms with Gasteiger partial charge in [-0.3, -0.25) is 9.80 Å². The van der Waals surface area contributed by atoms with Crippen LogP contribution in [-0.4, -0.2) is 60.8 Å². The minimum atomic E-state index is -0.467. The second-order valence-electron chi connectivity index (χ2n) is 7.10. The van der Waals surface area contributed by atoms with E-state index in [1.807, 2.05) is 30.3 Å². The van der Waals surface area contributed by atoms with Crippen LogP contribution >= 0.6 is 0 Å². The Hall–Kier alpha value is -1.72. The highest BCUT2D eigenvalue weighted by Gasteiger charge is 2.16. The minimum absolute atomic E-state index is 0.467. The zero-order chi connectivity index (χ0) is 18.2. The Morgan fingerprint density at radius 3 is 2.58 bits per heavy atom. The SMILES string of the molecule is Cc1cccc(CN(CCN2CCOCC2)CC(O)c2ccccc2)c1. The van der Waals surface area contributed by atoms with Crippen LogP contribution in [0.3, 0.4) is 0 Å². The number of aryl methyl sites for hydroxylation is 1. The van der Waals surface area contributed by atoms with Gasteiger partial charge in [-0.2, -0.15) is 0 Å². The maximum Gasteiger partial charge on any atom is 0.0917 e. The largest absolute Gasteiger partial charge is 0.387 e. The Labute approximate surface area is 157 Å². The van der Waals surface area contributed by atoms with Crippen molar-refractivity contribution < 1.29 is 9.84 Å². The third-order valence-corrected chi connectivity index (χ3v) is 4.94. The first kappa shape index (κ1) is 19.1. The Kier molecular flexibility index (Phi) is 7.21. The summed E-state index contributed by atoms with van der Waals surface area (Å²) in [5.41, 5.74) is 3.56. The van der Waals surface area contributed by atoms with Crippen LogP contribution in [0.15, 0.2) is 54.6 Å². The normalized spacial score (nSPS) is 16.7. The predicted octanol–water partition coefficient (Wildman–Crippen LogP) is 2.86. The van der Waals surface area contributed by atoms with Gasteiger partial charge in [0.25, 0.3) is 0 Å². The summed E-state index contributed by atoms with van der Waals surface area (Å²) in [6.07, 6.45) is -0.467. The van der Waals surface area contributed by atoms with Crippen LogP contribution in [0.4, 0.5) is 0 Å². The van der Waals surface area contributed by atoms with Crippen LogP contribution in [0.25, 0.3) is 0 Å². The van der Waals surface area contributed by atoms with Crippen molar-refractivity contribution in [1.82, 2.24) is 9.80 Å². The summed E-state index contributed by atoms with van der Waals surface area (Å²) >= 11 is 0. The minimum Gasteiger partial charge on any atom is -0.387 e. The highest BCUT2D eigenvalue weighted by molar-refractivity contribution is 5.22. The van der Waals surface area contributed by atoms with Gasteiger partial charge in [0, 0.05) is 39.3 Å². The van der Waals surface area contributed by atoms with E-state index in [1.165, 1.54) is 11.1 Å². The van der Waals surface area contributed by atoms with Crippen LogP contribution in [-0.2, 0) is 11.3 Å². The number of benzene rings is 2. The molecule has 0 bridgehead atoms. The third-order valence-electron chi connectivity index (χ3n) is 4.94. The molecule has 1 heterocycles. The average Bonchev–Trinajstić information content (AvgIpc) is 2.67. The molecule has 1 aliphatic heterocycles. The molecule has 0 radical (unpaired) electrons. The molecule has 0 amide bonds. The van der Waals surface area contributed by atoms with E-state index in [2.05, 4.69) is 41.0 Å². The molecule has 1 fully saturated rings. The van der Waals surface area contributed by atoms with E-state index < -0.39 is 6.10 Å². The molecule has 1 saturated heterocycles. The van der Waals surface area contributed by atoms with Gasteiger partial charge in [-0.05, 0) is 18.1 Å². The molecule has 4 heteroatoms. The fourth-order valence-electron chi connectivity index (χ4n) is 3.44. The Morgan fingerprint density at radius 2 is 1.85 bits per heavy atom. The average molecular weight is 354 g/mol. The highest BCUT2D eigenvalue weighted by Crippen LogP contribution is 2.16. The first-order valence-electron chi connectivity index (χ1n) is 9.52. The lowest BCUT2D eigenvalue weighted by Crippen LogP contribution is -2.42. The van der Waals surface area contributed by atoms with E-state index >= 15 is 0 Å². The molecule has 0 spiro atoms. The third kappa shape index (κ3) is 5.92. The zero-order valence-electron chi connectivity index (χ0n) is 15.7. The van der Waals surface area contributed by atoms with E-state index in [9.17, 15) is 5.11 Å². The van der Waals surface area contributed by atoms with Crippen molar-refractivity contribution in [2.24, 2.45) is 0 Å². The molecule has 4 nitrogen and oxygen atoms in total. The smallest absolute Gasteiger partial charge is 0.0917 e. The topological polar surface area (TPSA) is 35.9 Å². The van der Waals surface area contributed by atoms with E-state index in [-0.39, 0.29) is 0 Å². The monoisotopic (exact) mass is 354 g/mol. The second kappa shape index (κ2) is 9.83. The first-order valence-corrected chi connectivity index (χ1v) is 9.52. The summed E-state index contributed by atoms with van der Waals surface area (Å²) in [5, 5.41) is 10.7. The molecule has 0 aromatic heterocycles. The van der Waals surface area contributed by atoms with Gasteiger partial charge in [0.1, 0.15) is 0 Å². The van der Waals surface area contributed by atoms with Crippen molar-refractivity contribution in [3.63, 3.8) is 0 Å². The van der Waals surface area contributed by atoms with Gasteiger partial charge >= 0.3 is 0 Å². The molecule has 1 aliphatic rings. The van der Waals surface area contributed by atoms with E-state index in [0.29, 0.717) is 6.54 Å². The molecular formula is C22H30N2O2. The molecule has 0 saturated carbocycles. The number of aliphatic hydroxyl groups excluding tert-OH is 1. The summed E-state index contributed by atoms with van der Waals surface area (Å²) in [4.78, 5) is 4.81. The fraction of sp³-hybridized carbons (Fsp3) is 0.455. The molecule has 2 aromatic rings. The van der Waals surface area contributed by atoms with Crippen LogP contribution in [0.5, 0.6) is 0 Å². The van der Waals surface area contributed by atoms with Gasteiger partial charge in [-0.15, -0.1) is 0 Å². The van der Waals surface area contributed by atoms with Gasteiger partial charge in [0.2, 0.25) is 0 Å². The molecule has 1 atom stereocenters. The molecule has 26 heavy (non-hydrogen) atoms. The molecule has 1 unspecified atom stereocenters. The van der Waals surface area contributed by atoms with Crippen LogP contribution in [0.1, 0.15) is 22.8 Å². The van der Waals surface area contributed by atoms with Gasteiger partial charge in [-0.1, -0.05) is 60.2 Å². The molecule has 1 N–H and O–H groups in total. The maximum atomic E-state index is 10.7. The van der Waals surface area contributed by atoms with Crippen LogP contribution in [0.2, 0.25) is 0 Å². The number of nitrogens with zero attached hydrogens (tertiary/aromatic N) is 2. The summed E-state index contributed by atoms with van der Waals surface area (Å²) in [6, 6.07) is 18.6. The van der Waals surface area contributed by atoms with E-state index in [0.717, 1.165) is 51.5 Å². The van der Waals surface area contributed by atoms with Crippen molar-refractivity contribution >= 4 is 0 Å². The second-order valence-corrected chi connectivity index (χ2v) is 7.10. The zero-order valence-corrected chi connectivity index (χ0v) is 15.7. The van der Waals surface area contributed by atoms with Crippen molar-refractivity contribution in [2.75, 3.05) is 45.9 Å². The van der Waals surface area contributed by atoms with E-state index in [4.69, 9.17) is 4.74 Å². The number of ether oxygens (including phenoxy) is 1. The number of hydrogen-bond donors (Lipinski definition) is 1. The van der Waals surface area contributed by atoms with Crippen LogP contribution < -0.4 is 0 Å². The Bertz CT molecular complexity index is 656. The van der Waals surface area contributed by atoms with Crippen molar-refractivity contribution in [3.05, 3.63) is 71.3 Å². The standard InChI is InChI=1S/C22H30N2O2/c1-19-6-5-7-20(16-19)17-24(11-10-23-12-14-26-15-13-23)18-22(25)21-8-3-2-4-9-21/h2-9,16,22,25H,10-15,17-18H2,1H3. The van der Waals surface area contributed by atoms with Gasteiger partial charge < -0.3 is 9.84 Å². The highest BCUT2D eigenvalue weighted by atomic mass is 16.5. The van der Waals surface area contributed by atoms with Crippen LogP contribution in [0, 0.1) is 6.92 Å². The van der Waals surface area contributed by atoms with Crippen molar-refractivity contribution in [2.45, 2.75) is 19.6 Å². The van der Waals surface area contributed by atoms with Crippen molar-refractivity contribution in [3.8, 4) is 0 Å². The van der Waals surface area contributed by atoms with Gasteiger partial charge in [0.15, 0.2) is 0 Å². The number of morpholine rings is 1. The number of rotatable bonds is 8. The molecule has 3 rings (SSSR count). The van der Waals surface area contributed by atoms with E-state index in [1.54, 1.807) is 0 Å². The lowest BCUT2D eigenvalue weighted by atomic mass is 10.1. The first-order chi connectivity index (χ1) is 12.7. The molecular weight excluding hydrogens is 324 g/mol. The lowest BCUT2D eigenvalue weighted by molar-refractivity contribution is 0.0291. The van der Waals surface area contributed by atoms with Crippen molar-refractivity contribution in [1.29, 1.82) is 0 Å². The fourth-order valence-corrected chi connectivity index (χ4v) is 3.44. The summed E-state index contributed by atoms with van der Waals surface area (Å²) < 4.78 is 5.44. The number of hydrogen-bond acceptors (Lipinski definition) is 4.